The van der Waals surface area contributed by atoms with E-state index in [0.29, 0.717) is 11.5 Å². The zero-order valence-corrected chi connectivity index (χ0v) is 20.2. The van der Waals surface area contributed by atoms with Gasteiger partial charge in [-0.2, -0.15) is 0 Å². The Balaban J connectivity index is 0.00000171. The topological polar surface area (TPSA) is 78.9 Å². The zero-order valence-electron chi connectivity index (χ0n) is 17.7. The summed E-state index contributed by atoms with van der Waals surface area (Å²) < 4.78 is 1.08. The van der Waals surface area contributed by atoms with Crippen molar-refractivity contribution in [2.45, 2.75) is 26.2 Å². The summed E-state index contributed by atoms with van der Waals surface area (Å²) in [5, 5.41) is 10.6. The molecule has 1 amide bonds. The highest BCUT2D eigenvalue weighted by molar-refractivity contribution is 7.22. The highest BCUT2D eigenvalue weighted by Gasteiger charge is 2.14. The number of carbonyl (C=O) groups is 1. The number of aromatic nitrogens is 2. The maximum atomic E-state index is 11.9. The molecule has 0 saturated carbocycles. The summed E-state index contributed by atoms with van der Waals surface area (Å²) >= 11 is 1.66. The molecule has 3 N–H and O–H groups in total. The maximum absolute atomic E-state index is 11.9. The van der Waals surface area contributed by atoms with Crippen LogP contribution >= 0.6 is 36.2 Å². The van der Waals surface area contributed by atoms with E-state index in [0.717, 1.165) is 58.2 Å². The molecular weight excluding hydrogens is 453 g/mol. The number of hydrogen-bond acceptors (Lipinski definition) is 6. The van der Waals surface area contributed by atoms with Gasteiger partial charge in [0.05, 0.1) is 10.6 Å². The number of nitrogens with zero attached hydrogens (tertiary/aromatic N) is 2. The Bertz CT molecular complexity index is 1020. The normalized spacial score (nSPS) is 13.9. The minimum atomic E-state index is -0.0692. The van der Waals surface area contributed by atoms with E-state index >= 15 is 0 Å². The van der Waals surface area contributed by atoms with Gasteiger partial charge < -0.3 is 16.0 Å². The van der Waals surface area contributed by atoms with Gasteiger partial charge in [-0.25, -0.2) is 9.97 Å². The van der Waals surface area contributed by atoms with Gasteiger partial charge in [-0.3, -0.25) is 4.79 Å². The Morgan fingerprint density at radius 1 is 1.23 bits per heavy atom. The smallest absolute Gasteiger partial charge is 0.251 e. The highest BCUT2D eigenvalue weighted by atomic mass is 35.5. The third kappa shape index (κ3) is 6.07. The van der Waals surface area contributed by atoms with Gasteiger partial charge in [-0.15, -0.1) is 36.2 Å². The number of fused-ring (bicyclic) bond motifs is 1. The van der Waals surface area contributed by atoms with Gasteiger partial charge in [0.25, 0.3) is 5.91 Å². The average molecular weight is 482 g/mol. The van der Waals surface area contributed by atoms with Crippen molar-refractivity contribution < 1.29 is 4.79 Å². The molecule has 1 fully saturated rings. The number of piperidine rings is 1. The van der Waals surface area contributed by atoms with Gasteiger partial charge in [0.2, 0.25) is 5.95 Å². The predicted octanol–water partition coefficient (Wildman–Crippen LogP) is 4.67. The number of hydrogen-bond donors (Lipinski definition) is 3. The van der Waals surface area contributed by atoms with Crippen LogP contribution < -0.4 is 16.0 Å². The average Bonchev–Trinajstić information content (AvgIpc) is 3.18. The molecule has 0 aliphatic carbocycles. The zero-order chi connectivity index (χ0) is 20.2. The van der Waals surface area contributed by atoms with E-state index in [9.17, 15) is 4.79 Å². The largest absolute Gasteiger partial charge is 0.355 e. The lowest BCUT2D eigenvalue weighted by molar-refractivity contribution is 0.0963. The molecule has 9 heteroatoms. The lowest BCUT2D eigenvalue weighted by Gasteiger charge is -2.22. The molecule has 3 aromatic rings. The monoisotopic (exact) mass is 481 g/mol. The van der Waals surface area contributed by atoms with Gasteiger partial charge in [-0.1, -0.05) is 6.07 Å². The molecule has 1 aliphatic rings. The van der Waals surface area contributed by atoms with Crippen LogP contribution in [-0.4, -0.2) is 42.6 Å². The van der Waals surface area contributed by atoms with E-state index in [1.165, 1.54) is 12.8 Å². The van der Waals surface area contributed by atoms with E-state index < -0.39 is 0 Å². The Hall–Kier alpha value is -1.93. The summed E-state index contributed by atoms with van der Waals surface area (Å²) in [5.41, 5.74) is 2.67. The van der Waals surface area contributed by atoms with Crippen molar-refractivity contribution in [1.29, 1.82) is 0 Å². The van der Waals surface area contributed by atoms with Crippen LogP contribution in [0.15, 0.2) is 30.5 Å². The van der Waals surface area contributed by atoms with E-state index in [-0.39, 0.29) is 30.7 Å². The first-order valence-electron chi connectivity index (χ1n) is 10.2. The fourth-order valence-electron chi connectivity index (χ4n) is 3.77. The van der Waals surface area contributed by atoms with Gasteiger partial charge in [0.1, 0.15) is 0 Å². The Labute approximate surface area is 199 Å². The number of rotatable bonds is 6. The van der Waals surface area contributed by atoms with E-state index in [2.05, 4.69) is 27.0 Å². The van der Waals surface area contributed by atoms with Crippen molar-refractivity contribution in [3.63, 3.8) is 0 Å². The molecule has 168 valence electrons. The second-order valence-electron chi connectivity index (χ2n) is 7.58. The van der Waals surface area contributed by atoms with Gasteiger partial charge >= 0.3 is 0 Å². The number of anilines is 1. The SMILES string of the molecule is CNC(=O)c1ccc2cc(-c3nc(NCCC4CCNCC4)ncc3C)sc2c1.Cl.Cl. The van der Waals surface area contributed by atoms with Gasteiger partial charge in [0, 0.05) is 30.1 Å². The minimum absolute atomic E-state index is 0. The lowest BCUT2D eigenvalue weighted by atomic mass is 9.95. The number of carbonyl (C=O) groups excluding carboxylic acids is 1. The van der Waals surface area contributed by atoms with Crippen molar-refractivity contribution in [3.05, 3.63) is 41.6 Å². The second kappa shape index (κ2) is 11.6. The number of amides is 1. The van der Waals surface area contributed by atoms with Crippen molar-refractivity contribution >= 4 is 58.1 Å². The van der Waals surface area contributed by atoms with Crippen LogP contribution in [-0.2, 0) is 0 Å². The molecule has 4 rings (SSSR count). The Morgan fingerprint density at radius 3 is 2.74 bits per heavy atom. The molecule has 1 aliphatic heterocycles. The molecule has 1 saturated heterocycles. The van der Waals surface area contributed by atoms with E-state index in [4.69, 9.17) is 4.98 Å². The molecule has 0 radical (unpaired) electrons. The maximum Gasteiger partial charge on any atom is 0.251 e. The molecule has 0 atom stereocenters. The first-order valence-corrected chi connectivity index (χ1v) is 11.0. The van der Waals surface area contributed by atoms with Gasteiger partial charge in [-0.05, 0) is 74.3 Å². The van der Waals surface area contributed by atoms with Crippen LogP contribution in [0.3, 0.4) is 0 Å². The molecular formula is C22H29Cl2N5OS. The first-order chi connectivity index (χ1) is 14.1. The standard InChI is InChI=1S/C22H27N5OS.2ClH/c1-14-13-26-22(25-10-7-15-5-8-24-9-6-15)27-20(14)19-11-16-3-4-17(21(28)23-2)12-18(16)29-19;;/h3-4,11-13,15,24H,5-10H2,1-2H3,(H,23,28)(H,25,26,27);2*1H. The molecule has 0 spiro atoms. The van der Waals surface area contributed by atoms with E-state index in [1.807, 2.05) is 31.3 Å². The van der Waals surface area contributed by atoms with Crippen molar-refractivity contribution in [1.82, 2.24) is 20.6 Å². The fourth-order valence-corrected chi connectivity index (χ4v) is 4.93. The molecule has 2 aromatic heterocycles. The Morgan fingerprint density at radius 2 is 2.00 bits per heavy atom. The highest BCUT2D eigenvalue weighted by Crippen LogP contribution is 2.34. The summed E-state index contributed by atoms with van der Waals surface area (Å²) in [5.74, 6) is 1.40. The minimum Gasteiger partial charge on any atom is -0.355 e. The quantitative estimate of drug-likeness (QED) is 0.476. The van der Waals surface area contributed by atoms with E-state index in [1.54, 1.807) is 18.4 Å². The van der Waals surface area contributed by atoms with Crippen LogP contribution in [0.1, 0.15) is 35.2 Å². The summed E-state index contributed by atoms with van der Waals surface area (Å²) in [6.07, 6.45) is 5.54. The number of aryl methyl sites for hydroxylation is 1. The summed E-state index contributed by atoms with van der Waals surface area (Å²) in [7, 11) is 1.65. The molecule has 0 bridgehead atoms. The van der Waals surface area contributed by atoms with Crippen molar-refractivity contribution in [2.75, 3.05) is 32.0 Å². The van der Waals surface area contributed by atoms with Crippen molar-refractivity contribution in [3.8, 4) is 10.6 Å². The number of nitrogens with one attached hydrogen (secondary N) is 3. The fraction of sp³-hybridized carbons (Fsp3) is 0.409. The second-order valence-corrected chi connectivity index (χ2v) is 8.66. The summed E-state index contributed by atoms with van der Waals surface area (Å²) in [6.45, 7) is 5.19. The Kier molecular flexibility index (Phi) is 9.50. The van der Waals surface area contributed by atoms with Crippen LogP contribution in [0.25, 0.3) is 20.7 Å². The summed E-state index contributed by atoms with van der Waals surface area (Å²) in [4.78, 5) is 22.3. The predicted molar refractivity (Wildman–Crippen MR) is 134 cm³/mol. The number of halogens is 2. The molecule has 3 heterocycles. The molecule has 31 heavy (non-hydrogen) atoms. The van der Waals surface area contributed by atoms with Crippen LogP contribution in [0.2, 0.25) is 0 Å². The van der Waals surface area contributed by atoms with Crippen LogP contribution in [0, 0.1) is 12.8 Å². The number of thiophene rings is 1. The van der Waals surface area contributed by atoms with Crippen LogP contribution in [0.4, 0.5) is 5.95 Å². The van der Waals surface area contributed by atoms with Crippen molar-refractivity contribution in [2.24, 2.45) is 5.92 Å². The molecule has 6 nitrogen and oxygen atoms in total. The van der Waals surface area contributed by atoms with Gasteiger partial charge in [0.15, 0.2) is 0 Å². The summed E-state index contributed by atoms with van der Waals surface area (Å²) in [6, 6.07) is 7.94. The first kappa shape index (κ1) is 25.3. The third-order valence-electron chi connectivity index (χ3n) is 5.51. The van der Waals surface area contributed by atoms with Crippen LogP contribution in [0.5, 0.6) is 0 Å². The molecule has 1 aromatic carbocycles. The number of benzene rings is 1. The molecule has 0 unspecified atom stereocenters. The third-order valence-corrected chi connectivity index (χ3v) is 6.61. The lowest BCUT2D eigenvalue weighted by Crippen LogP contribution is -2.28.